The van der Waals surface area contributed by atoms with Crippen molar-refractivity contribution < 1.29 is 29.3 Å². The van der Waals surface area contributed by atoms with E-state index in [0.717, 1.165) is 54.6 Å². The van der Waals surface area contributed by atoms with Crippen LogP contribution in [0.1, 0.15) is 95.1 Å². The van der Waals surface area contributed by atoms with E-state index < -0.39 is 25.2 Å². The zero-order valence-corrected chi connectivity index (χ0v) is 25.7. The third-order valence-corrected chi connectivity index (χ3v) is 9.85. The summed E-state index contributed by atoms with van der Waals surface area (Å²) in [6.07, 6.45) is 15.2. The van der Waals surface area contributed by atoms with Gasteiger partial charge in [0, 0.05) is 5.41 Å². The second kappa shape index (κ2) is 15.5. The largest absolute Gasteiger partial charge is 0.423 e. The molecule has 0 spiro atoms. The number of aliphatic hydroxyl groups excluding tert-OH is 2. The molecule has 2 aromatic rings. The lowest BCUT2D eigenvalue weighted by Gasteiger charge is -2.44. The fraction of sp³-hybridized carbons (Fsp3) is 0.514. The van der Waals surface area contributed by atoms with Crippen LogP contribution in [0.5, 0.6) is 11.5 Å². The first-order chi connectivity index (χ1) is 20.8. The van der Waals surface area contributed by atoms with Crippen molar-refractivity contribution in [1.82, 2.24) is 0 Å². The summed E-state index contributed by atoms with van der Waals surface area (Å²) in [7, 11) is 0. The molecule has 43 heavy (non-hydrogen) atoms. The van der Waals surface area contributed by atoms with Crippen LogP contribution < -0.4 is 9.47 Å². The SMILES string of the molecule is C=C(CO)C(=O)Oc1ccc(C2(c3ccc(OC(=O)C(=C)CO)cc3)CCC(C3CCC(CCCCC)CC3)CC2)cc1. The third kappa shape index (κ3) is 8.24. The van der Waals surface area contributed by atoms with Crippen molar-refractivity contribution in [2.24, 2.45) is 17.8 Å². The highest BCUT2D eigenvalue weighted by molar-refractivity contribution is 5.90. The highest BCUT2D eigenvalue weighted by Crippen LogP contribution is 2.50. The summed E-state index contributed by atoms with van der Waals surface area (Å²) in [5, 5.41) is 18.4. The van der Waals surface area contributed by atoms with Gasteiger partial charge in [0.25, 0.3) is 0 Å². The average Bonchev–Trinajstić information content (AvgIpc) is 3.05. The molecule has 0 radical (unpaired) electrons. The molecule has 232 valence electrons. The fourth-order valence-corrected chi connectivity index (χ4v) is 7.15. The zero-order valence-electron chi connectivity index (χ0n) is 25.7. The van der Waals surface area contributed by atoms with Crippen molar-refractivity contribution >= 4 is 11.9 Å². The van der Waals surface area contributed by atoms with Crippen LogP contribution in [0.15, 0.2) is 72.8 Å². The molecule has 0 amide bonds. The van der Waals surface area contributed by atoms with E-state index in [-0.39, 0.29) is 16.6 Å². The summed E-state index contributed by atoms with van der Waals surface area (Å²) in [5.41, 5.74) is 2.12. The number of benzene rings is 2. The summed E-state index contributed by atoms with van der Waals surface area (Å²) in [6.45, 7) is 8.48. The van der Waals surface area contributed by atoms with E-state index in [1.807, 2.05) is 48.5 Å². The lowest BCUT2D eigenvalue weighted by molar-refractivity contribution is -0.131. The van der Waals surface area contributed by atoms with Gasteiger partial charge in [-0.05, 0) is 91.7 Å². The van der Waals surface area contributed by atoms with Crippen LogP contribution in [0.25, 0.3) is 0 Å². The van der Waals surface area contributed by atoms with E-state index in [4.69, 9.17) is 9.47 Å². The first kappa shape index (κ1) is 32.7. The molecule has 0 saturated heterocycles. The number of unbranched alkanes of at least 4 members (excludes halogenated alkanes) is 2. The second-order valence-corrected chi connectivity index (χ2v) is 12.5. The summed E-state index contributed by atoms with van der Waals surface area (Å²) >= 11 is 0. The van der Waals surface area contributed by atoms with Crippen LogP contribution >= 0.6 is 0 Å². The van der Waals surface area contributed by atoms with Crippen molar-refractivity contribution in [3.8, 4) is 11.5 Å². The second-order valence-electron chi connectivity index (χ2n) is 12.5. The Hall–Kier alpha value is -3.22. The van der Waals surface area contributed by atoms with Gasteiger partial charge in [-0.15, -0.1) is 0 Å². The van der Waals surface area contributed by atoms with Crippen LogP contribution in [0.4, 0.5) is 0 Å². The predicted molar refractivity (Wildman–Crippen MR) is 169 cm³/mol. The van der Waals surface area contributed by atoms with Crippen LogP contribution in [-0.4, -0.2) is 35.4 Å². The topological polar surface area (TPSA) is 93.1 Å². The normalized spacial score (nSPS) is 20.3. The van der Waals surface area contributed by atoms with E-state index in [1.54, 1.807) is 0 Å². The predicted octanol–water partition coefficient (Wildman–Crippen LogP) is 7.46. The molecule has 0 aliphatic heterocycles. The maximum Gasteiger partial charge on any atom is 0.341 e. The van der Waals surface area contributed by atoms with Crippen molar-refractivity contribution in [2.45, 2.75) is 89.4 Å². The average molecular weight is 589 g/mol. The fourth-order valence-electron chi connectivity index (χ4n) is 7.15. The Balaban J connectivity index is 1.50. The zero-order chi connectivity index (χ0) is 30.8. The Morgan fingerprint density at radius 1 is 0.721 bits per heavy atom. The molecule has 0 atom stereocenters. The van der Waals surface area contributed by atoms with Gasteiger partial charge < -0.3 is 19.7 Å². The first-order valence-electron chi connectivity index (χ1n) is 16.0. The third-order valence-electron chi connectivity index (χ3n) is 9.85. The molecule has 2 saturated carbocycles. The standard InChI is InChI=1S/C37H48O6/c1-4-5-6-7-28-8-10-29(11-9-28)30-20-22-37(23-21-30,31-12-16-33(17-13-31)42-35(40)26(2)24-38)32-14-18-34(19-15-32)43-36(41)27(3)25-39/h12-19,28-30,38-39H,2-11,20-25H2,1H3. The minimum absolute atomic E-state index is 0.0113. The summed E-state index contributed by atoms with van der Waals surface area (Å²) in [4.78, 5) is 24.2. The number of ether oxygens (including phenoxy) is 2. The Labute approximate surface area is 256 Å². The molecule has 2 fully saturated rings. The number of aliphatic hydroxyl groups is 2. The molecule has 0 unspecified atom stereocenters. The van der Waals surface area contributed by atoms with Gasteiger partial charge in [0.15, 0.2) is 0 Å². The maximum absolute atomic E-state index is 12.1. The minimum Gasteiger partial charge on any atom is -0.423 e. The van der Waals surface area contributed by atoms with Crippen molar-refractivity contribution in [3.63, 3.8) is 0 Å². The Bertz CT molecular complexity index is 1150. The van der Waals surface area contributed by atoms with Gasteiger partial charge in [0.1, 0.15) is 11.5 Å². The molecular weight excluding hydrogens is 540 g/mol. The number of esters is 2. The number of rotatable bonds is 13. The Morgan fingerprint density at radius 3 is 1.58 bits per heavy atom. The van der Waals surface area contributed by atoms with Crippen LogP contribution in [0.2, 0.25) is 0 Å². The van der Waals surface area contributed by atoms with Crippen molar-refractivity contribution in [1.29, 1.82) is 0 Å². The van der Waals surface area contributed by atoms with Gasteiger partial charge in [0.2, 0.25) is 0 Å². The van der Waals surface area contributed by atoms with Crippen molar-refractivity contribution in [2.75, 3.05) is 13.2 Å². The van der Waals surface area contributed by atoms with Crippen LogP contribution in [-0.2, 0) is 15.0 Å². The molecule has 0 bridgehead atoms. The van der Waals surface area contributed by atoms with Crippen LogP contribution in [0, 0.1) is 17.8 Å². The molecule has 4 rings (SSSR count). The maximum atomic E-state index is 12.1. The van der Waals surface area contributed by atoms with Gasteiger partial charge in [-0.2, -0.15) is 0 Å². The molecule has 6 nitrogen and oxygen atoms in total. The molecule has 2 N–H and O–H groups in total. The lowest BCUT2D eigenvalue weighted by atomic mass is 9.60. The summed E-state index contributed by atoms with van der Waals surface area (Å²) < 4.78 is 10.8. The quantitative estimate of drug-likeness (QED) is 0.109. The molecule has 2 aromatic carbocycles. The van der Waals surface area contributed by atoms with Gasteiger partial charge in [0.05, 0.1) is 24.4 Å². The van der Waals surface area contributed by atoms with E-state index in [1.165, 1.54) is 51.4 Å². The Kier molecular flexibility index (Phi) is 11.8. The van der Waals surface area contributed by atoms with E-state index in [0.29, 0.717) is 11.5 Å². The highest BCUT2D eigenvalue weighted by Gasteiger charge is 2.41. The van der Waals surface area contributed by atoms with E-state index in [9.17, 15) is 19.8 Å². The highest BCUT2D eigenvalue weighted by atomic mass is 16.5. The summed E-state index contributed by atoms with van der Waals surface area (Å²) in [5.74, 6) is 2.00. The minimum atomic E-state index is -0.639. The van der Waals surface area contributed by atoms with Gasteiger partial charge >= 0.3 is 11.9 Å². The molecular formula is C37H48O6. The van der Waals surface area contributed by atoms with E-state index >= 15 is 0 Å². The smallest absolute Gasteiger partial charge is 0.341 e. The lowest BCUT2D eigenvalue weighted by Crippen LogP contribution is -2.36. The number of hydrogen-bond donors (Lipinski definition) is 2. The van der Waals surface area contributed by atoms with Gasteiger partial charge in [-0.25, -0.2) is 9.59 Å². The van der Waals surface area contributed by atoms with E-state index in [2.05, 4.69) is 20.1 Å². The van der Waals surface area contributed by atoms with Crippen molar-refractivity contribution in [3.05, 3.63) is 84.0 Å². The van der Waals surface area contributed by atoms with Gasteiger partial charge in [-0.1, -0.05) is 82.9 Å². The van der Waals surface area contributed by atoms with Crippen LogP contribution in [0.3, 0.4) is 0 Å². The Morgan fingerprint density at radius 2 is 1.16 bits per heavy atom. The molecule has 0 heterocycles. The van der Waals surface area contributed by atoms with Gasteiger partial charge in [-0.3, -0.25) is 0 Å². The molecule has 2 aliphatic rings. The molecule has 6 heteroatoms. The number of carbonyl (C=O) groups excluding carboxylic acids is 2. The number of carbonyl (C=O) groups is 2. The number of hydrogen-bond acceptors (Lipinski definition) is 6. The molecule has 2 aliphatic carbocycles. The summed E-state index contributed by atoms with van der Waals surface area (Å²) in [6, 6.07) is 15.4. The molecule has 0 aromatic heterocycles. The first-order valence-corrected chi connectivity index (χ1v) is 16.0. The monoisotopic (exact) mass is 588 g/mol.